The third-order valence-corrected chi connectivity index (χ3v) is 3.67. The van der Waals surface area contributed by atoms with Crippen molar-refractivity contribution in [1.29, 1.82) is 0 Å². The maximum atomic E-state index is 11.2. The van der Waals surface area contributed by atoms with Crippen LogP contribution in [0, 0.1) is 0 Å². The Kier molecular flexibility index (Phi) is 5.94. The number of benzene rings is 1. The average Bonchev–Trinajstić information content (AvgIpc) is 2.44. The molecule has 0 amide bonds. The van der Waals surface area contributed by atoms with Gasteiger partial charge in [0.05, 0.1) is 12.2 Å². The zero-order valence-corrected chi connectivity index (χ0v) is 13.5. The summed E-state index contributed by atoms with van der Waals surface area (Å²) in [6.45, 7) is 8.08. The van der Waals surface area contributed by atoms with Crippen LogP contribution in [0.1, 0.15) is 31.1 Å². The van der Waals surface area contributed by atoms with Crippen LogP contribution in [-0.4, -0.2) is 60.3 Å². The van der Waals surface area contributed by atoms with E-state index in [4.69, 9.17) is 9.47 Å². The number of morpholine rings is 1. The van der Waals surface area contributed by atoms with Gasteiger partial charge in [-0.15, -0.1) is 0 Å². The van der Waals surface area contributed by atoms with Crippen molar-refractivity contribution in [2.24, 2.45) is 0 Å². The lowest BCUT2D eigenvalue weighted by atomic mass is 10.1. The van der Waals surface area contributed by atoms with Gasteiger partial charge in [-0.1, -0.05) is 0 Å². The molecule has 1 aromatic carbocycles. The van der Waals surface area contributed by atoms with Crippen LogP contribution in [0.2, 0.25) is 0 Å². The van der Waals surface area contributed by atoms with Crippen molar-refractivity contribution in [3.05, 3.63) is 29.8 Å². The summed E-state index contributed by atoms with van der Waals surface area (Å²) in [5.74, 6) is 0.690. The van der Waals surface area contributed by atoms with Gasteiger partial charge in [-0.05, 0) is 45.0 Å². The Morgan fingerprint density at radius 1 is 1.32 bits per heavy atom. The normalized spacial score (nSPS) is 24.0. The minimum absolute atomic E-state index is 0.0298. The van der Waals surface area contributed by atoms with Gasteiger partial charge in [0.2, 0.25) is 0 Å². The average molecular weight is 307 g/mol. The number of β-amino-alcohol motifs (C(OH)–C–C–N with tert-alkyl or cyclic N) is 1. The predicted molar refractivity (Wildman–Crippen MR) is 84.4 cm³/mol. The second-order valence-electron chi connectivity index (χ2n) is 6.02. The smallest absolute Gasteiger partial charge is 0.159 e. The van der Waals surface area contributed by atoms with Crippen LogP contribution in [0.5, 0.6) is 5.75 Å². The summed E-state index contributed by atoms with van der Waals surface area (Å²) >= 11 is 0. The van der Waals surface area contributed by atoms with Crippen LogP contribution < -0.4 is 4.74 Å². The summed E-state index contributed by atoms with van der Waals surface area (Å²) in [6.07, 6.45) is -0.169. The van der Waals surface area contributed by atoms with Crippen molar-refractivity contribution in [2.75, 3.05) is 26.2 Å². The van der Waals surface area contributed by atoms with Crippen molar-refractivity contribution < 1.29 is 19.4 Å². The maximum Gasteiger partial charge on any atom is 0.159 e. The number of rotatable bonds is 6. The third kappa shape index (κ3) is 5.09. The highest BCUT2D eigenvalue weighted by atomic mass is 16.5. The van der Waals surface area contributed by atoms with E-state index in [0.29, 0.717) is 17.9 Å². The summed E-state index contributed by atoms with van der Waals surface area (Å²) < 4.78 is 11.3. The molecular weight excluding hydrogens is 282 g/mol. The molecule has 1 heterocycles. The molecule has 3 atom stereocenters. The van der Waals surface area contributed by atoms with E-state index >= 15 is 0 Å². The molecule has 5 heteroatoms. The van der Waals surface area contributed by atoms with Crippen molar-refractivity contribution in [3.63, 3.8) is 0 Å². The SMILES string of the molecule is CC(=O)c1ccc(OC[C@@H](O)CN2C[C@H](C)O[C@@H](C)C2)cc1. The monoisotopic (exact) mass is 307 g/mol. The van der Waals surface area contributed by atoms with Gasteiger partial charge in [-0.3, -0.25) is 9.69 Å². The highest BCUT2D eigenvalue weighted by molar-refractivity contribution is 5.94. The van der Waals surface area contributed by atoms with E-state index in [2.05, 4.69) is 4.90 Å². The lowest BCUT2D eigenvalue weighted by Gasteiger charge is -2.36. The van der Waals surface area contributed by atoms with Crippen LogP contribution in [0.3, 0.4) is 0 Å². The first kappa shape index (κ1) is 16.9. The molecule has 5 nitrogen and oxygen atoms in total. The van der Waals surface area contributed by atoms with Crippen molar-refractivity contribution in [1.82, 2.24) is 4.90 Å². The van der Waals surface area contributed by atoms with E-state index < -0.39 is 6.10 Å². The predicted octanol–water partition coefficient (Wildman–Crippen LogP) is 1.74. The fraction of sp³-hybridized carbons (Fsp3) is 0.588. The molecule has 1 saturated heterocycles. The number of ether oxygens (including phenoxy) is 2. The number of aliphatic hydroxyl groups is 1. The molecule has 0 saturated carbocycles. The van der Waals surface area contributed by atoms with Crippen molar-refractivity contribution in [2.45, 2.75) is 39.1 Å². The van der Waals surface area contributed by atoms with Gasteiger partial charge in [0, 0.05) is 25.2 Å². The highest BCUT2D eigenvalue weighted by Crippen LogP contribution is 2.14. The van der Waals surface area contributed by atoms with Gasteiger partial charge in [0.15, 0.2) is 5.78 Å². The number of hydrogen-bond acceptors (Lipinski definition) is 5. The second kappa shape index (κ2) is 7.72. The molecule has 1 fully saturated rings. The fourth-order valence-corrected chi connectivity index (χ4v) is 2.76. The topological polar surface area (TPSA) is 59.0 Å². The van der Waals surface area contributed by atoms with Gasteiger partial charge in [-0.25, -0.2) is 0 Å². The molecule has 0 radical (unpaired) electrons. The van der Waals surface area contributed by atoms with Crippen LogP contribution in [0.4, 0.5) is 0 Å². The lowest BCUT2D eigenvalue weighted by molar-refractivity contribution is -0.0786. The Hall–Kier alpha value is -1.43. The molecule has 22 heavy (non-hydrogen) atoms. The number of carbonyl (C=O) groups excluding carboxylic acids is 1. The molecule has 2 rings (SSSR count). The van der Waals surface area contributed by atoms with E-state index in [0.717, 1.165) is 13.1 Å². The molecular formula is C17H25NO4. The lowest BCUT2D eigenvalue weighted by Crippen LogP contribution is -2.48. The first-order chi connectivity index (χ1) is 10.4. The van der Waals surface area contributed by atoms with E-state index in [9.17, 15) is 9.90 Å². The standard InChI is InChI=1S/C17H25NO4/c1-12-8-18(9-13(2)22-12)10-16(20)11-21-17-6-4-15(5-7-17)14(3)19/h4-7,12-13,16,20H,8-11H2,1-3H3/t12-,13-,16-/m0/s1. The summed E-state index contributed by atoms with van der Waals surface area (Å²) in [4.78, 5) is 13.4. The van der Waals surface area contributed by atoms with E-state index in [-0.39, 0.29) is 24.6 Å². The first-order valence-corrected chi connectivity index (χ1v) is 7.73. The summed E-state index contributed by atoms with van der Waals surface area (Å²) in [7, 11) is 0. The number of aliphatic hydroxyl groups excluding tert-OH is 1. The van der Waals surface area contributed by atoms with Gasteiger partial charge in [0.1, 0.15) is 18.5 Å². The largest absolute Gasteiger partial charge is 0.491 e. The van der Waals surface area contributed by atoms with Gasteiger partial charge in [-0.2, -0.15) is 0 Å². The molecule has 0 bridgehead atoms. The summed E-state index contributed by atoms with van der Waals surface area (Å²) in [5.41, 5.74) is 0.657. The van der Waals surface area contributed by atoms with Crippen LogP contribution in [-0.2, 0) is 4.74 Å². The number of nitrogens with zero attached hydrogens (tertiary/aromatic N) is 1. The Morgan fingerprint density at radius 3 is 2.45 bits per heavy atom. The zero-order valence-electron chi connectivity index (χ0n) is 13.5. The van der Waals surface area contributed by atoms with E-state index in [1.54, 1.807) is 24.3 Å². The molecule has 0 aliphatic carbocycles. The summed E-state index contributed by atoms with van der Waals surface area (Å²) in [6, 6.07) is 6.97. The van der Waals surface area contributed by atoms with E-state index in [1.807, 2.05) is 13.8 Å². The number of carbonyl (C=O) groups is 1. The zero-order chi connectivity index (χ0) is 16.1. The second-order valence-corrected chi connectivity index (χ2v) is 6.02. The number of hydrogen-bond donors (Lipinski definition) is 1. The Morgan fingerprint density at radius 2 is 1.91 bits per heavy atom. The third-order valence-electron chi connectivity index (χ3n) is 3.67. The molecule has 0 unspecified atom stereocenters. The molecule has 0 aromatic heterocycles. The van der Waals surface area contributed by atoms with Gasteiger partial charge >= 0.3 is 0 Å². The molecule has 1 aliphatic heterocycles. The Bertz CT molecular complexity index is 478. The van der Waals surface area contributed by atoms with Gasteiger partial charge < -0.3 is 14.6 Å². The molecule has 1 aromatic rings. The quantitative estimate of drug-likeness (QED) is 0.811. The maximum absolute atomic E-state index is 11.2. The minimum Gasteiger partial charge on any atom is -0.491 e. The van der Waals surface area contributed by atoms with Crippen LogP contribution in [0.25, 0.3) is 0 Å². The Labute approximate surface area is 131 Å². The number of ketones is 1. The van der Waals surface area contributed by atoms with Crippen LogP contribution in [0.15, 0.2) is 24.3 Å². The van der Waals surface area contributed by atoms with Gasteiger partial charge in [0.25, 0.3) is 0 Å². The van der Waals surface area contributed by atoms with Crippen molar-refractivity contribution in [3.8, 4) is 5.75 Å². The Balaban J connectivity index is 1.77. The fourth-order valence-electron chi connectivity index (χ4n) is 2.76. The first-order valence-electron chi connectivity index (χ1n) is 7.73. The van der Waals surface area contributed by atoms with E-state index in [1.165, 1.54) is 6.92 Å². The van der Waals surface area contributed by atoms with Crippen LogP contribution >= 0.6 is 0 Å². The molecule has 1 aliphatic rings. The number of Topliss-reactive ketones (excluding diaryl/α,β-unsaturated/α-hetero) is 1. The molecule has 0 spiro atoms. The van der Waals surface area contributed by atoms with Crippen molar-refractivity contribution >= 4 is 5.78 Å². The summed E-state index contributed by atoms with van der Waals surface area (Å²) in [5, 5.41) is 10.1. The molecule has 1 N–H and O–H groups in total. The molecule has 122 valence electrons. The minimum atomic E-state index is -0.551. The highest BCUT2D eigenvalue weighted by Gasteiger charge is 2.23.